The van der Waals surface area contributed by atoms with E-state index in [1.807, 2.05) is 12.1 Å². The number of alkyl halides is 3. The summed E-state index contributed by atoms with van der Waals surface area (Å²) in [6, 6.07) is 8.53. The van der Waals surface area contributed by atoms with E-state index in [0.717, 1.165) is 31.2 Å². The van der Waals surface area contributed by atoms with Crippen LogP contribution in [-0.2, 0) is 11.0 Å². The number of hydrogen-bond donors (Lipinski definition) is 2. The van der Waals surface area contributed by atoms with Crippen LogP contribution >= 0.6 is 0 Å². The molecule has 0 spiro atoms. The smallest absolute Gasteiger partial charge is 0.354 e. The fourth-order valence-electron chi connectivity index (χ4n) is 3.72. The number of anilines is 1. The fraction of sp³-hybridized carbons (Fsp3) is 0.286. The van der Waals surface area contributed by atoms with Gasteiger partial charge in [0.2, 0.25) is 17.7 Å². The number of halogens is 3. The third-order valence-corrected chi connectivity index (χ3v) is 5.33. The summed E-state index contributed by atoms with van der Waals surface area (Å²) in [5, 5.41) is 11.1. The second-order valence-corrected chi connectivity index (χ2v) is 7.53. The van der Waals surface area contributed by atoms with Crippen molar-refractivity contribution in [3.8, 4) is 11.5 Å². The van der Waals surface area contributed by atoms with Gasteiger partial charge in [-0.2, -0.15) is 17.7 Å². The average Bonchev–Trinajstić information content (AvgIpc) is 3.14. The van der Waals surface area contributed by atoms with Crippen LogP contribution in [0.5, 0.6) is 0 Å². The summed E-state index contributed by atoms with van der Waals surface area (Å²) in [7, 11) is 0. The number of benzene rings is 1. The van der Waals surface area contributed by atoms with Crippen LogP contribution in [0.15, 0.2) is 42.6 Å². The van der Waals surface area contributed by atoms with E-state index in [9.17, 15) is 18.0 Å². The maximum Gasteiger partial charge on any atom is 0.416 e. The van der Waals surface area contributed by atoms with Gasteiger partial charge in [0, 0.05) is 18.1 Å². The first kappa shape index (κ1) is 20.2. The molecule has 1 fully saturated rings. The van der Waals surface area contributed by atoms with Gasteiger partial charge < -0.3 is 10.6 Å². The maximum absolute atomic E-state index is 13.2. The molecule has 1 aromatic carbocycles. The number of aromatic nitrogens is 5. The number of hydrogen-bond acceptors (Lipinski definition) is 6. The minimum atomic E-state index is -4.51. The molecule has 164 valence electrons. The van der Waals surface area contributed by atoms with Gasteiger partial charge in [-0.05, 0) is 43.5 Å². The molecule has 32 heavy (non-hydrogen) atoms. The van der Waals surface area contributed by atoms with Crippen LogP contribution < -0.4 is 10.6 Å². The summed E-state index contributed by atoms with van der Waals surface area (Å²) in [5.41, 5.74) is 0.178. The molecule has 4 aromatic rings. The normalized spacial score (nSPS) is 17.3. The zero-order valence-corrected chi connectivity index (χ0v) is 16.7. The van der Waals surface area contributed by atoms with Gasteiger partial charge in [0.15, 0.2) is 5.65 Å². The van der Waals surface area contributed by atoms with E-state index in [1.54, 1.807) is 12.1 Å². The molecule has 4 heterocycles. The SMILES string of the molecule is O=C1NCCCC[C@@H]1Nc1nc2ccccc2c2nc(-c3cc(C(F)(F)F)ccn3)nn12. The van der Waals surface area contributed by atoms with Crippen LogP contribution in [0.3, 0.4) is 0 Å². The fourth-order valence-corrected chi connectivity index (χ4v) is 3.72. The highest BCUT2D eigenvalue weighted by atomic mass is 19.4. The van der Waals surface area contributed by atoms with Crippen LogP contribution in [0.1, 0.15) is 24.8 Å². The number of nitrogens with zero attached hydrogens (tertiary/aromatic N) is 5. The second kappa shape index (κ2) is 7.74. The zero-order valence-electron chi connectivity index (χ0n) is 16.7. The van der Waals surface area contributed by atoms with Gasteiger partial charge in [0.1, 0.15) is 11.7 Å². The van der Waals surface area contributed by atoms with E-state index in [-0.39, 0.29) is 23.4 Å². The topological polar surface area (TPSA) is 97.1 Å². The van der Waals surface area contributed by atoms with Gasteiger partial charge >= 0.3 is 6.18 Å². The molecular formula is C21H18F3N7O. The number of para-hydroxylation sites is 1. The number of carbonyl (C=O) groups excluding carboxylic acids is 1. The lowest BCUT2D eigenvalue weighted by molar-refractivity contribution is -0.137. The van der Waals surface area contributed by atoms with Gasteiger partial charge in [0.25, 0.3) is 0 Å². The zero-order chi connectivity index (χ0) is 22.3. The molecule has 3 aromatic heterocycles. The third-order valence-electron chi connectivity index (χ3n) is 5.33. The maximum atomic E-state index is 13.2. The lowest BCUT2D eigenvalue weighted by Crippen LogP contribution is -2.38. The third kappa shape index (κ3) is 3.70. The minimum Gasteiger partial charge on any atom is -0.354 e. The highest BCUT2D eigenvalue weighted by Crippen LogP contribution is 2.31. The number of pyridine rings is 1. The van der Waals surface area contributed by atoms with Crippen LogP contribution in [0, 0.1) is 0 Å². The lowest BCUT2D eigenvalue weighted by Gasteiger charge is -2.16. The standard InChI is InChI=1S/C21H18F3N7O/c22-21(23,24)12-8-10-25-16(11-12)17-29-18-13-5-1-2-6-14(13)27-20(31(18)30-17)28-15-7-3-4-9-26-19(15)32/h1-2,5-6,8,10-11,15H,3-4,7,9H2,(H,26,32)(H,27,28)/t15-/m0/s1. The molecule has 1 aliphatic rings. The molecule has 0 unspecified atom stereocenters. The van der Waals surface area contributed by atoms with Crippen molar-refractivity contribution < 1.29 is 18.0 Å². The lowest BCUT2D eigenvalue weighted by atomic mass is 10.1. The summed E-state index contributed by atoms with van der Waals surface area (Å²) >= 11 is 0. The van der Waals surface area contributed by atoms with E-state index < -0.39 is 17.8 Å². The van der Waals surface area contributed by atoms with Gasteiger partial charge in [-0.25, -0.2) is 9.97 Å². The van der Waals surface area contributed by atoms with Gasteiger partial charge in [0.05, 0.1) is 11.1 Å². The molecule has 1 atom stereocenters. The van der Waals surface area contributed by atoms with E-state index >= 15 is 0 Å². The van der Waals surface area contributed by atoms with Gasteiger partial charge in [-0.15, -0.1) is 5.10 Å². The largest absolute Gasteiger partial charge is 0.416 e. The number of fused-ring (bicyclic) bond motifs is 3. The molecule has 8 nitrogen and oxygen atoms in total. The van der Waals surface area contributed by atoms with Crippen molar-refractivity contribution in [2.24, 2.45) is 0 Å². The quantitative estimate of drug-likeness (QED) is 0.506. The molecule has 0 aliphatic carbocycles. The minimum absolute atomic E-state index is 0.00855. The Morgan fingerprint density at radius 3 is 2.81 bits per heavy atom. The molecular weight excluding hydrogens is 423 g/mol. The van der Waals surface area contributed by atoms with Gasteiger partial charge in [-0.3, -0.25) is 9.78 Å². The molecule has 11 heteroatoms. The molecule has 1 saturated heterocycles. The number of amides is 1. The van der Waals surface area contributed by atoms with Crippen molar-refractivity contribution in [1.82, 2.24) is 29.9 Å². The van der Waals surface area contributed by atoms with Gasteiger partial charge in [-0.1, -0.05) is 12.1 Å². The molecule has 0 bridgehead atoms. The molecule has 5 rings (SSSR count). The number of rotatable bonds is 3. The van der Waals surface area contributed by atoms with Crippen molar-refractivity contribution in [3.05, 3.63) is 48.2 Å². The number of nitrogens with one attached hydrogen (secondary N) is 2. The predicted octanol–water partition coefficient (Wildman–Crippen LogP) is 3.44. The van der Waals surface area contributed by atoms with Crippen LogP contribution in [0.2, 0.25) is 0 Å². The van der Waals surface area contributed by atoms with E-state index in [4.69, 9.17) is 0 Å². The van der Waals surface area contributed by atoms with Crippen LogP contribution in [0.4, 0.5) is 19.1 Å². The van der Waals surface area contributed by atoms with Crippen molar-refractivity contribution in [3.63, 3.8) is 0 Å². The average molecular weight is 441 g/mol. The summed E-state index contributed by atoms with van der Waals surface area (Å²) in [4.78, 5) is 25.5. The summed E-state index contributed by atoms with van der Waals surface area (Å²) in [6.45, 7) is 0.617. The highest BCUT2D eigenvalue weighted by molar-refractivity contribution is 5.93. The summed E-state index contributed by atoms with van der Waals surface area (Å²) in [6.07, 6.45) is -1.05. The van der Waals surface area contributed by atoms with Crippen LogP contribution in [0.25, 0.3) is 28.1 Å². The Morgan fingerprint density at radius 1 is 1.12 bits per heavy atom. The predicted molar refractivity (Wildman–Crippen MR) is 111 cm³/mol. The molecule has 1 aliphatic heterocycles. The Kier molecular flexibility index (Phi) is 4.87. The van der Waals surface area contributed by atoms with Crippen molar-refractivity contribution in [1.29, 1.82) is 0 Å². The Hall–Kier alpha value is -3.76. The Bertz CT molecular complexity index is 1320. The highest BCUT2D eigenvalue weighted by Gasteiger charge is 2.31. The molecule has 2 N–H and O–H groups in total. The van der Waals surface area contributed by atoms with Crippen molar-refractivity contribution >= 4 is 28.4 Å². The first-order valence-corrected chi connectivity index (χ1v) is 10.1. The Labute approximate surface area is 179 Å². The first-order chi connectivity index (χ1) is 15.4. The second-order valence-electron chi connectivity index (χ2n) is 7.53. The first-order valence-electron chi connectivity index (χ1n) is 10.1. The molecule has 0 saturated carbocycles. The van der Waals surface area contributed by atoms with E-state index in [0.29, 0.717) is 29.5 Å². The Morgan fingerprint density at radius 2 is 1.97 bits per heavy atom. The van der Waals surface area contributed by atoms with Crippen molar-refractivity contribution in [2.75, 3.05) is 11.9 Å². The van der Waals surface area contributed by atoms with E-state index in [1.165, 1.54) is 4.52 Å². The summed E-state index contributed by atoms with van der Waals surface area (Å²) < 4.78 is 40.9. The monoisotopic (exact) mass is 441 g/mol. The summed E-state index contributed by atoms with van der Waals surface area (Å²) in [5.74, 6) is 0.180. The van der Waals surface area contributed by atoms with Crippen molar-refractivity contribution in [2.45, 2.75) is 31.5 Å². The Balaban J connectivity index is 1.65. The number of carbonyl (C=O) groups is 1. The molecule has 1 amide bonds. The van der Waals surface area contributed by atoms with Crippen LogP contribution in [-0.4, -0.2) is 43.1 Å². The molecule has 0 radical (unpaired) electrons. The van der Waals surface area contributed by atoms with E-state index in [2.05, 4.69) is 30.7 Å².